The molecule has 0 radical (unpaired) electrons. The van der Waals surface area contributed by atoms with Gasteiger partial charge in [-0.05, 0) is 68.0 Å². The van der Waals surface area contributed by atoms with Crippen molar-refractivity contribution in [1.82, 2.24) is 19.6 Å². The molecule has 12 heteroatoms. The predicted octanol–water partition coefficient (Wildman–Crippen LogP) is 6.86. The predicted molar refractivity (Wildman–Crippen MR) is 173 cm³/mol. The molecule has 0 saturated carbocycles. The summed E-state index contributed by atoms with van der Waals surface area (Å²) >= 11 is 0. The Hall–Kier alpha value is -3.90. The van der Waals surface area contributed by atoms with Gasteiger partial charge >= 0.3 is 12.4 Å². The zero-order valence-electron chi connectivity index (χ0n) is 27.1. The fourth-order valence-electron chi connectivity index (χ4n) is 7.62. The standard InChI is InChI=1S/C37H40F6N4O2/c38-36(39,40)29-22-28(23-30(24-29)37(41,42)43)35(49)47-16-13-32(25-33(47)21-26-7-3-1-4-8-26)45-19-17-44(18-20-45)31-11-14-46(15-12-31)34(48)27-9-5-2-6-10-27/h1-10,22-24,31-33H,11-21,25H2. The maximum atomic E-state index is 13.8. The van der Waals surface area contributed by atoms with Gasteiger partial charge in [0.2, 0.25) is 0 Å². The van der Waals surface area contributed by atoms with Gasteiger partial charge in [-0.15, -0.1) is 0 Å². The van der Waals surface area contributed by atoms with Crippen LogP contribution < -0.4 is 0 Å². The Labute approximate surface area is 282 Å². The van der Waals surface area contributed by atoms with Crippen molar-refractivity contribution in [2.45, 2.75) is 62.6 Å². The number of alkyl halides is 6. The first kappa shape index (κ1) is 34.9. The van der Waals surface area contributed by atoms with E-state index < -0.39 is 41.0 Å². The summed E-state index contributed by atoms with van der Waals surface area (Å²) in [6.07, 6.45) is -6.69. The summed E-state index contributed by atoms with van der Waals surface area (Å²) in [7, 11) is 0. The molecule has 6 rings (SSSR count). The molecular formula is C37H40F6N4O2. The summed E-state index contributed by atoms with van der Waals surface area (Å²) in [4.78, 5) is 34.9. The van der Waals surface area contributed by atoms with E-state index in [1.807, 2.05) is 65.6 Å². The van der Waals surface area contributed by atoms with E-state index in [9.17, 15) is 35.9 Å². The molecule has 0 aliphatic carbocycles. The fourth-order valence-corrected chi connectivity index (χ4v) is 7.62. The number of carbonyl (C=O) groups is 2. The van der Waals surface area contributed by atoms with Crippen molar-refractivity contribution >= 4 is 11.8 Å². The van der Waals surface area contributed by atoms with E-state index in [0.717, 1.165) is 44.6 Å². The molecule has 3 aromatic rings. The van der Waals surface area contributed by atoms with Crippen LogP contribution in [0.1, 0.15) is 63.1 Å². The number of hydrogen-bond acceptors (Lipinski definition) is 4. The molecule has 6 nitrogen and oxygen atoms in total. The van der Waals surface area contributed by atoms with E-state index in [2.05, 4.69) is 9.80 Å². The van der Waals surface area contributed by atoms with E-state index in [-0.39, 0.29) is 24.6 Å². The van der Waals surface area contributed by atoms with Gasteiger partial charge in [-0.2, -0.15) is 26.3 Å². The molecule has 0 aromatic heterocycles. The van der Waals surface area contributed by atoms with Gasteiger partial charge in [0, 0.05) is 75.1 Å². The Balaban J connectivity index is 1.11. The van der Waals surface area contributed by atoms with Crippen LogP contribution in [0.25, 0.3) is 0 Å². The highest BCUT2D eigenvalue weighted by Crippen LogP contribution is 2.37. The molecule has 0 spiro atoms. The SMILES string of the molecule is O=C(c1ccccc1)N1CCC(N2CCN(C3CCN(C(=O)c4cc(C(F)(F)F)cc(C(F)(F)F)c4)C(Cc4ccccc4)C3)CC2)CC1. The number of likely N-dealkylation sites (tertiary alicyclic amines) is 2. The van der Waals surface area contributed by atoms with E-state index in [1.54, 1.807) is 0 Å². The topological polar surface area (TPSA) is 47.1 Å². The highest BCUT2D eigenvalue weighted by Gasteiger charge is 2.40. The molecule has 2 unspecified atom stereocenters. The third-order valence-corrected chi connectivity index (χ3v) is 10.3. The average molecular weight is 687 g/mol. The third-order valence-electron chi connectivity index (χ3n) is 10.3. The Bertz CT molecular complexity index is 1550. The van der Waals surface area contributed by atoms with Crippen LogP contribution in [0.2, 0.25) is 0 Å². The summed E-state index contributed by atoms with van der Waals surface area (Å²) < 4.78 is 81.6. The first-order valence-electron chi connectivity index (χ1n) is 16.8. The minimum Gasteiger partial charge on any atom is -0.339 e. The number of hydrogen-bond donors (Lipinski definition) is 0. The van der Waals surface area contributed by atoms with Crippen molar-refractivity contribution in [2.24, 2.45) is 0 Å². The maximum Gasteiger partial charge on any atom is 0.416 e. The molecule has 0 bridgehead atoms. The van der Waals surface area contributed by atoms with Crippen LogP contribution in [0, 0.1) is 0 Å². The first-order valence-corrected chi connectivity index (χ1v) is 16.8. The number of amides is 2. The normalized spacial score (nSPS) is 21.9. The van der Waals surface area contributed by atoms with Gasteiger partial charge in [0.05, 0.1) is 11.1 Å². The van der Waals surface area contributed by atoms with Crippen molar-refractivity contribution in [1.29, 1.82) is 0 Å². The van der Waals surface area contributed by atoms with Gasteiger partial charge < -0.3 is 9.80 Å². The van der Waals surface area contributed by atoms with Crippen LogP contribution in [0.5, 0.6) is 0 Å². The molecule has 2 atom stereocenters. The second-order valence-corrected chi connectivity index (χ2v) is 13.3. The minimum absolute atomic E-state index is 0.0533. The summed E-state index contributed by atoms with van der Waals surface area (Å²) in [5.74, 6) is -0.759. The summed E-state index contributed by atoms with van der Waals surface area (Å²) in [5, 5.41) is 0. The summed E-state index contributed by atoms with van der Waals surface area (Å²) in [6.45, 7) is 5.03. The molecule has 0 N–H and O–H groups in total. The Morgan fingerprint density at radius 2 is 1.10 bits per heavy atom. The van der Waals surface area contributed by atoms with Crippen molar-refractivity contribution in [3.8, 4) is 0 Å². The lowest BCUT2D eigenvalue weighted by molar-refractivity contribution is -0.143. The average Bonchev–Trinajstić information content (AvgIpc) is 3.11. The highest BCUT2D eigenvalue weighted by molar-refractivity contribution is 5.95. The van der Waals surface area contributed by atoms with Crippen LogP contribution >= 0.6 is 0 Å². The fraction of sp³-hybridized carbons (Fsp3) is 0.459. The van der Waals surface area contributed by atoms with Gasteiger partial charge in [-0.25, -0.2) is 0 Å². The number of halogens is 6. The molecular weight excluding hydrogens is 646 g/mol. The molecule has 49 heavy (non-hydrogen) atoms. The summed E-state index contributed by atoms with van der Waals surface area (Å²) in [6, 6.07) is 20.0. The van der Waals surface area contributed by atoms with Crippen LogP contribution in [-0.4, -0.2) is 95.4 Å². The smallest absolute Gasteiger partial charge is 0.339 e. The third kappa shape index (κ3) is 8.29. The lowest BCUT2D eigenvalue weighted by Gasteiger charge is -2.48. The first-order chi connectivity index (χ1) is 23.4. The molecule has 3 saturated heterocycles. The number of carbonyl (C=O) groups excluding carboxylic acids is 2. The molecule has 2 amide bonds. The van der Waals surface area contributed by atoms with Crippen molar-refractivity contribution < 1.29 is 35.9 Å². The Morgan fingerprint density at radius 3 is 1.65 bits per heavy atom. The number of piperidine rings is 2. The van der Waals surface area contributed by atoms with Crippen LogP contribution in [0.15, 0.2) is 78.9 Å². The molecule has 3 aliphatic heterocycles. The van der Waals surface area contributed by atoms with Gasteiger partial charge in [0.1, 0.15) is 0 Å². The number of benzene rings is 3. The number of rotatable bonds is 6. The second kappa shape index (κ2) is 14.5. The van der Waals surface area contributed by atoms with Crippen LogP contribution in [0.3, 0.4) is 0 Å². The molecule has 262 valence electrons. The summed E-state index contributed by atoms with van der Waals surface area (Å²) in [5.41, 5.74) is -1.96. The van der Waals surface area contributed by atoms with E-state index in [1.165, 1.54) is 4.90 Å². The minimum atomic E-state index is -5.04. The van der Waals surface area contributed by atoms with Gasteiger partial charge in [-0.1, -0.05) is 48.5 Å². The van der Waals surface area contributed by atoms with Crippen LogP contribution in [0.4, 0.5) is 26.3 Å². The quantitative estimate of drug-likeness (QED) is 0.266. The monoisotopic (exact) mass is 686 g/mol. The largest absolute Gasteiger partial charge is 0.416 e. The zero-order valence-corrected chi connectivity index (χ0v) is 27.1. The molecule has 3 heterocycles. The van der Waals surface area contributed by atoms with E-state index in [0.29, 0.717) is 56.1 Å². The zero-order chi connectivity index (χ0) is 34.8. The maximum absolute atomic E-state index is 13.8. The number of nitrogens with zero attached hydrogens (tertiary/aromatic N) is 4. The lowest BCUT2D eigenvalue weighted by atomic mass is 9.90. The Morgan fingerprint density at radius 1 is 0.592 bits per heavy atom. The van der Waals surface area contributed by atoms with Crippen LogP contribution in [-0.2, 0) is 18.8 Å². The Kier molecular flexibility index (Phi) is 10.4. The van der Waals surface area contributed by atoms with Gasteiger partial charge in [0.15, 0.2) is 0 Å². The van der Waals surface area contributed by atoms with Gasteiger partial charge in [-0.3, -0.25) is 19.4 Å². The molecule has 3 aliphatic rings. The lowest BCUT2D eigenvalue weighted by Crippen LogP contribution is -2.58. The number of piperazine rings is 1. The van der Waals surface area contributed by atoms with E-state index in [4.69, 9.17) is 0 Å². The highest BCUT2D eigenvalue weighted by atomic mass is 19.4. The molecule has 3 aromatic carbocycles. The van der Waals surface area contributed by atoms with E-state index >= 15 is 0 Å². The van der Waals surface area contributed by atoms with Crippen molar-refractivity contribution in [2.75, 3.05) is 45.8 Å². The second-order valence-electron chi connectivity index (χ2n) is 13.3. The van der Waals surface area contributed by atoms with Crippen molar-refractivity contribution in [3.05, 3.63) is 107 Å². The molecule has 3 fully saturated rings. The van der Waals surface area contributed by atoms with Crippen molar-refractivity contribution in [3.63, 3.8) is 0 Å². The van der Waals surface area contributed by atoms with Gasteiger partial charge in [0.25, 0.3) is 11.8 Å².